The Morgan fingerprint density at radius 3 is 2.61 bits per heavy atom. The van der Waals surface area contributed by atoms with Gasteiger partial charge in [-0.2, -0.15) is 0 Å². The van der Waals surface area contributed by atoms with Crippen molar-refractivity contribution in [3.63, 3.8) is 0 Å². The average Bonchev–Trinajstić information content (AvgIpc) is 3.14. The van der Waals surface area contributed by atoms with Crippen LogP contribution in [0.1, 0.15) is 105 Å². The van der Waals surface area contributed by atoms with Crippen LogP contribution in [0.3, 0.4) is 0 Å². The lowest BCUT2D eigenvalue weighted by atomic mass is 9.47. The lowest BCUT2D eigenvalue weighted by Gasteiger charge is -2.58. The maximum Gasteiger partial charge on any atom is 0.111 e. The molecular weight excluding hydrogens is 404 g/mol. The molecule has 0 aromatic rings. The predicted octanol–water partition coefficient (Wildman–Crippen LogP) is 8.57. The van der Waals surface area contributed by atoms with Gasteiger partial charge in [-0.05, 0) is 97.7 Å². The van der Waals surface area contributed by atoms with E-state index in [0.717, 1.165) is 41.9 Å². The zero-order valence-electron chi connectivity index (χ0n) is 22.4. The Labute approximate surface area is 205 Å². The zero-order valence-corrected chi connectivity index (χ0v) is 22.4. The van der Waals surface area contributed by atoms with Crippen LogP contribution in [0.25, 0.3) is 0 Å². The van der Waals surface area contributed by atoms with Gasteiger partial charge in [0.15, 0.2) is 0 Å². The predicted molar refractivity (Wildman–Crippen MR) is 139 cm³/mol. The highest BCUT2D eigenvalue weighted by Gasteiger charge is 2.59. The van der Waals surface area contributed by atoms with E-state index < -0.39 is 0 Å². The Balaban J connectivity index is 1.40. The van der Waals surface area contributed by atoms with Gasteiger partial charge in [-0.3, -0.25) is 0 Å². The number of rotatable bonds is 10. The molecule has 2 nitrogen and oxygen atoms in total. The molecule has 33 heavy (non-hydrogen) atoms. The molecule has 8 unspecified atom stereocenters. The first-order chi connectivity index (χ1) is 15.8. The summed E-state index contributed by atoms with van der Waals surface area (Å²) in [7, 11) is 0. The smallest absolute Gasteiger partial charge is 0.111 e. The van der Waals surface area contributed by atoms with Crippen molar-refractivity contribution in [3.05, 3.63) is 24.5 Å². The van der Waals surface area contributed by atoms with Crippen molar-refractivity contribution in [3.8, 4) is 0 Å². The van der Waals surface area contributed by atoms with Gasteiger partial charge in [0.25, 0.3) is 0 Å². The molecular formula is C31H52O2. The Bertz CT molecular complexity index is 695. The minimum absolute atomic E-state index is 0.380. The van der Waals surface area contributed by atoms with Crippen LogP contribution < -0.4 is 0 Å². The van der Waals surface area contributed by atoms with Crippen LogP contribution in [-0.2, 0) is 9.47 Å². The molecule has 0 aromatic heterocycles. The molecule has 0 saturated heterocycles. The summed E-state index contributed by atoms with van der Waals surface area (Å²) >= 11 is 0. The van der Waals surface area contributed by atoms with E-state index in [1.165, 1.54) is 70.5 Å². The van der Waals surface area contributed by atoms with E-state index in [0.29, 0.717) is 30.1 Å². The van der Waals surface area contributed by atoms with Crippen molar-refractivity contribution < 1.29 is 9.47 Å². The Morgan fingerprint density at radius 2 is 1.85 bits per heavy atom. The van der Waals surface area contributed by atoms with E-state index in [1.54, 1.807) is 5.57 Å². The first-order valence-electron chi connectivity index (χ1n) is 14.3. The van der Waals surface area contributed by atoms with E-state index >= 15 is 0 Å². The molecule has 0 N–H and O–H groups in total. The molecule has 0 aliphatic heterocycles. The summed E-state index contributed by atoms with van der Waals surface area (Å²) < 4.78 is 11.4. The molecule has 8 atom stereocenters. The highest BCUT2D eigenvalue weighted by molar-refractivity contribution is 5.25. The summed E-state index contributed by atoms with van der Waals surface area (Å²) in [6.07, 6.45) is 19.8. The van der Waals surface area contributed by atoms with Gasteiger partial charge in [-0.1, -0.05) is 72.1 Å². The highest BCUT2D eigenvalue weighted by Crippen LogP contribution is 2.67. The number of hydrogen-bond acceptors (Lipinski definition) is 2. The van der Waals surface area contributed by atoms with Crippen LogP contribution in [0.5, 0.6) is 0 Å². The van der Waals surface area contributed by atoms with Gasteiger partial charge >= 0.3 is 0 Å². The number of fused-ring (bicyclic) bond motifs is 5. The molecule has 0 bridgehead atoms. The third kappa shape index (κ3) is 4.98. The fraction of sp³-hybridized carbons (Fsp3) is 0.871. The minimum Gasteiger partial charge on any atom is -0.499 e. The average molecular weight is 457 g/mol. The number of allylic oxidation sites excluding steroid dienone is 1. The van der Waals surface area contributed by atoms with Gasteiger partial charge in [-0.15, -0.1) is 0 Å². The Kier molecular flexibility index (Phi) is 8.04. The maximum atomic E-state index is 6.17. The minimum atomic E-state index is 0.380. The first kappa shape index (κ1) is 25.3. The standard InChI is InChI=1S/C31H52O2/c1-7-32-19-20-33-25-15-17-30(5)24(21-25)11-12-26-28-14-13-27(23(4)10-8-9-22(2)3)31(28,6)18-16-29(26)30/h7,11,22-23,25-29H,1,8-10,12-21H2,2-6H3. The topological polar surface area (TPSA) is 18.5 Å². The summed E-state index contributed by atoms with van der Waals surface area (Å²) in [5.41, 5.74) is 2.73. The van der Waals surface area contributed by atoms with Gasteiger partial charge < -0.3 is 9.47 Å². The normalized spacial score (nSPS) is 41.0. The number of ether oxygens (including phenoxy) is 2. The SMILES string of the molecule is C=COCCOC1CCC2(C)C(=CCC3C2CCC2(C)C(C(C)CCCC(C)C)CCC32)C1. The second-order valence-corrected chi connectivity index (χ2v) is 13.1. The highest BCUT2D eigenvalue weighted by atomic mass is 16.5. The molecule has 0 amide bonds. The van der Waals surface area contributed by atoms with Gasteiger partial charge in [0.1, 0.15) is 6.61 Å². The Hall–Kier alpha value is -0.760. The van der Waals surface area contributed by atoms with E-state index in [1.807, 2.05) is 0 Å². The summed E-state index contributed by atoms with van der Waals surface area (Å²) in [5, 5.41) is 0. The first-order valence-corrected chi connectivity index (χ1v) is 14.3. The summed E-state index contributed by atoms with van der Waals surface area (Å²) in [5.74, 6) is 5.48. The van der Waals surface area contributed by atoms with Gasteiger partial charge in [-0.25, -0.2) is 0 Å². The van der Waals surface area contributed by atoms with Crippen LogP contribution >= 0.6 is 0 Å². The van der Waals surface area contributed by atoms with Crippen molar-refractivity contribution >= 4 is 0 Å². The molecule has 188 valence electrons. The summed E-state index contributed by atoms with van der Waals surface area (Å²) in [6, 6.07) is 0. The van der Waals surface area contributed by atoms with Crippen LogP contribution in [0.2, 0.25) is 0 Å². The third-order valence-electron chi connectivity index (χ3n) is 10.9. The van der Waals surface area contributed by atoms with E-state index in [-0.39, 0.29) is 0 Å². The van der Waals surface area contributed by atoms with Crippen LogP contribution in [0.4, 0.5) is 0 Å². The quantitative estimate of drug-likeness (QED) is 0.186. The van der Waals surface area contributed by atoms with Crippen LogP contribution in [-0.4, -0.2) is 19.3 Å². The molecule has 0 radical (unpaired) electrons. The van der Waals surface area contributed by atoms with Crippen molar-refractivity contribution in [2.75, 3.05) is 13.2 Å². The molecule has 3 saturated carbocycles. The third-order valence-corrected chi connectivity index (χ3v) is 10.9. The zero-order chi connectivity index (χ0) is 23.6. The molecule has 0 spiro atoms. The number of hydrogen-bond donors (Lipinski definition) is 0. The molecule has 4 aliphatic rings. The molecule has 0 heterocycles. The van der Waals surface area contributed by atoms with Crippen LogP contribution in [0, 0.1) is 46.3 Å². The summed E-state index contributed by atoms with van der Waals surface area (Å²) in [6.45, 7) is 17.6. The van der Waals surface area contributed by atoms with Crippen molar-refractivity contribution in [1.82, 2.24) is 0 Å². The molecule has 0 aromatic carbocycles. The fourth-order valence-corrected chi connectivity index (χ4v) is 9.14. The lowest BCUT2D eigenvalue weighted by molar-refractivity contribution is -0.0660. The van der Waals surface area contributed by atoms with Crippen molar-refractivity contribution in [2.45, 2.75) is 111 Å². The van der Waals surface area contributed by atoms with Crippen LogP contribution in [0.15, 0.2) is 24.5 Å². The molecule has 3 fully saturated rings. The second-order valence-electron chi connectivity index (χ2n) is 13.1. The van der Waals surface area contributed by atoms with E-state index in [9.17, 15) is 0 Å². The monoisotopic (exact) mass is 456 g/mol. The van der Waals surface area contributed by atoms with E-state index in [4.69, 9.17) is 9.47 Å². The summed E-state index contributed by atoms with van der Waals surface area (Å²) in [4.78, 5) is 0. The second kappa shape index (κ2) is 10.5. The molecule has 4 aliphatic carbocycles. The lowest BCUT2D eigenvalue weighted by Crippen LogP contribution is -2.51. The van der Waals surface area contributed by atoms with Crippen molar-refractivity contribution in [1.29, 1.82) is 0 Å². The van der Waals surface area contributed by atoms with Gasteiger partial charge in [0.2, 0.25) is 0 Å². The fourth-order valence-electron chi connectivity index (χ4n) is 9.14. The molecule has 4 rings (SSSR count). The molecule has 2 heteroatoms. The van der Waals surface area contributed by atoms with Gasteiger partial charge in [0, 0.05) is 0 Å². The Morgan fingerprint density at radius 1 is 1.03 bits per heavy atom. The van der Waals surface area contributed by atoms with E-state index in [2.05, 4.69) is 47.3 Å². The largest absolute Gasteiger partial charge is 0.499 e. The van der Waals surface area contributed by atoms with Crippen molar-refractivity contribution in [2.24, 2.45) is 46.3 Å². The van der Waals surface area contributed by atoms with Gasteiger partial charge in [0.05, 0.1) is 19.0 Å². The maximum absolute atomic E-state index is 6.17.